The van der Waals surface area contributed by atoms with Crippen LogP contribution in [0.5, 0.6) is 5.75 Å². The SMILES string of the molecule is COc1ccc(-c2nc(C(=N)N3CCC(NC(=O)C(C)C)CC3)c(CN)o2)c2ccc(C(F)(F)F)nc12. The van der Waals surface area contributed by atoms with Crippen LogP contribution in [0.1, 0.15) is 43.8 Å². The average molecular weight is 519 g/mol. The van der Waals surface area contributed by atoms with Crippen molar-refractivity contribution in [2.45, 2.75) is 45.5 Å². The van der Waals surface area contributed by atoms with E-state index in [1.165, 1.54) is 19.2 Å². The zero-order valence-electron chi connectivity index (χ0n) is 20.8. The van der Waals surface area contributed by atoms with E-state index in [0.717, 1.165) is 6.07 Å². The zero-order chi connectivity index (χ0) is 26.9. The molecule has 9 nitrogen and oxygen atoms in total. The van der Waals surface area contributed by atoms with Crippen molar-refractivity contribution in [2.24, 2.45) is 11.7 Å². The number of hydrogen-bond donors (Lipinski definition) is 3. The third-order valence-electron chi connectivity index (χ3n) is 6.35. The Morgan fingerprint density at radius 2 is 1.95 bits per heavy atom. The Hall–Kier alpha value is -3.67. The fraction of sp³-hybridized carbons (Fsp3) is 0.440. The number of rotatable bonds is 6. The minimum Gasteiger partial charge on any atom is -0.494 e. The number of nitrogens with zero attached hydrogens (tertiary/aromatic N) is 3. The first kappa shape index (κ1) is 26.4. The first-order chi connectivity index (χ1) is 17.5. The maximum Gasteiger partial charge on any atom is 0.433 e. The number of nitrogens with one attached hydrogen (secondary N) is 2. The molecule has 0 aliphatic carbocycles. The summed E-state index contributed by atoms with van der Waals surface area (Å²) < 4.78 is 50.9. The topological polar surface area (TPSA) is 130 Å². The molecule has 3 heterocycles. The van der Waals surface area contributed by atoms with Gasteiger partial charge in [-0.2, -0.15) is 13.2 Å². The first-order valence-electron chi connectivity index (χ1n) is 11.9. The number of benzene rings is 1. The van der Waals surface area contributed by atoms with Gasteiger partial charge in [-0.05, 0) is 37.1 Å². The quantitative estimate of drug-likeness (QED) is 0.333. The van der Waals surface area contributed by atoms with Gasteiger partial charge < -0.3 is 25.1 Å². The van der Waals surface area contributed by atoms with Crippen LogP contribution in [0, 0.1) is 11.3 Å². The summed E-state index contributed by atoms with van der Waals surface area (Å²) in [7, 11) is 1.35. The molecule has 1 aliphatic heterocycles. The minimum absolute atomic E-state index is 0.00338. The van der Waals surface area contributed by atoms with Gasteiger partial charge in [0.1, 0.15) is 28.4 Å². The van der Waals surface area contributed by atoms with E-state index < -0.39 is 11.9 Å². The summed E-state index contributed by atoms with van der Waals surface area (Å²) in [6, 6.07) is 5.36. The van der Waals surface area contributed by atoms with E-state index in [0.29, 0.717) is 42.6 Å². The number of ether oxygens (including phenoxy) is 1. The Morgan fingerprint density at radius 3 is 2.54 bits per heavy atom. The molecule has 0 radical (unpaired) electrons. The van der Waals surface area contributed by atoms with Gasteiger partial charge in [0.25, 0.3) is 0 Å². The molecule has 2 aromatic heterocycles. The van der Waals surface area contributed by atoms with Crippen molar-refractivity contribution in [3.8, 4) is 17.2 Å². The maximum atomic E-state index is 13.3. The van der Waals surface area contributed by atoms with Gasteiger partial charge in [0.15, 0.2) is 5.84 Å². The largest absolute Gasteiger partial charge is 0.494 e. The summed E-state index contributed by atoms with van der Waals surface area (Å²) in [6.07, 6.45) is -3.25. The van der Waals surface area contributed by atoms with Crippen LogP contribution in [0.3, 0.4) is 0 Å². The number of methoxy groups -OCH3 is 1. The molecule has 0 saturated carbocycles. The van der Waals surface area contributed by atoms with Gasteiger partial charge in [-0.25, -0.2) is 9.97 Å². The van der Waals surface area contributed by atoms with Crippen LogP contribution < -0.4 is 15.8 Å². The molecule has 1 amide bonds. The molecule has 0 spiro atoms. The number of nitrogens with two attached hydrogens (primary N) is 1. The molecule has 0 atom stereocenters. The van der Waals surface area contributed by atoms with Crippen LogP contribution in [-0.2, 0) is 17.5 Å². The number of likely N-dealkylation sites (tertiary alicyclic amines) is 1. The molecule has 0 unspecified atom stereocenters. The molecule has 1 aliphatic rings. The number of amidine groups is 1. The second-order valence-electron chi connectivity index (χ2n) is 9.17. The lowest BCUT2D eigenvalue weighted by Gasteiger charge is -2.33. The second kappa shape index (κ2) is 10.4. The van der Waals surface area contributed by atoms with Crippen LogP contribution in [0.15, 0.2) is 28.7 Å². The molecule has 1 fully saturated rings. The third kappa shape index (κ3) is 5.38. The maximum absolute atomic E-state index is 13.3. The van der Waals surface area contributed by atoms with E-state index in [1.54, 1.807) is 6.07 Å². The number of halogens is 3. The predicted octanol–water partition coefficient (Wildman–Crippen LogP) is 3.94. The lowest BCUT2D eigenvalue weighted by Crippen LogP contribution is -2.47. The molecular formula is C25H29F3N6O3. The molecular weight excluding hydrogens is 489 g/mol. The lowest BCUT2D eigenvalue weighted by molar-refractivity contribution is -0.141. The molecule has 1 saturated heterocycles. The van der Waals surface area contributed by atoms with Gasteiger partial charge >= 0.3 is 6.18 Å². The average Bonchev–Trinajstić information content (AvgIpc) is 3.31. The first-order valence-corrected chi connectivity index (χ1v) is 11.9. The fourth-order valence-corrected chi connectivity index (χ4v) is 4.26. The smallest absolute Gasteiger partial charge is 0.433 e. The Kier molecular flexibility index (Phi) is 7.39. The van der Waals surface area contributed by atoms with E-state index in [2.05, 4.69) is 15.3 Å². The minimum atomic E-state index is -4.61. The van der Waals surface area contributed by atoms with Crippen molar-refractivity contribution in [1.82, 2.24) is 20.2 Å². The van der Waals surface area contributed by atoms with Gasteiger partial charge in [0.05, 0.1) is 13.7 Å². The van der Waals surface area contributed by atoms with Crippen molar-refractivity contribution >= 4 is 22.6 Å². The van der Waals surface area contributed by atoms with E-state index in [4.69, 9.17) is 20.3 Å². The van der Waals surface area contributed by atoms with Gasteiger partial charge in [-0.1, -0.05) is 13.8 Å². The Bertz CT molecular complexity index is 1310. The Morgan fingerprint density at radius 1 is 1.24 bits per heavy atom. The number of amides is 1. The van der Waals surface area contributed by atoms with Gasteiger partial charge in [0, 0.05) is 36.0 Å². The monoisotopic (exact) mass is 518 g/mol. The molecule has 4 rings (SSSR count). The standard InChI is InChI=1S/C25H29F3N6O3/c1-13(2)23(35)31-14-8-10-34(11-9-14)22(30)21-18(12-29)37-24(33-21)16-4-6-17(36-3)20-15(16)5-7-19(32-20)25(26,27)28/h4-7,13-14,30H,8-12,29H2,1-3H3,(H,31,35). The summed E-state index contributed by atoms with van der Waals surface area (Å²) in [5.41, 5.74) is 5.54. The molecule has 0 bridgehead atoms. The summed E-state index contributed by atoms with van der Waals surface area (Å²) in [5.74, 6) is 0.632. The molecule has 3 aromatic rings. The molecule has 37 heavy (non-hydrogen) atoms. The number of pyridine rings is 1. The van der Waals surface area contributed by atoms with E-state index in [-0.39, 0.29) is 53.1 Å². The summed E-state index contributed by atoms with van der Waals surface area (Å²) in [5, 5.41) is 12.1. The normalized spacial score (nSPS) is 14.9. The van der Waals surface area contributed by atoms with Crippen molar-refractivity contribution in [3.63, 3.8) is 0 Å². The highest BCUT2D eigenvalue weighted by molar-refractivity contribution is 5.99. The van der Waals surface area contributed by atoms with Crippen molar-refractivity contribution < 1.29 is 27.1 Å². The third-order valence-corrected chi connectivity index (χ3v) is 6.35. The predicted molar refractivity (Wildman–Crippen MR) is 131 cm³/mol. The van der Waals surface area contributed by atoms with Crippen LogP contribution in [0.4, 0.5) is 13.2 Å². The highest BCUT2D eigenvalue weighted by Gasteiger charge is 2.33. The summed E-state index contributed by atoms with van der Waals surface area (Å²) in [4.78, 5) is 22.1. The highest BCUT2D eigenvalue weighted by atomic mass is 19.4. The summed E-state index contributed by atoms with van der Waals surface area (Å²) in [6.45, 7) is 4.76. The number of aromatic nitrogens is 2. The number of carbonyl (C=O) groups is 1. The molecule has 4 N–H and O–H groups in total. The van der Waals surface area contributed by atoms with Crippen LogP contribution in [0.25, 0.3) is 22.4 Å². The van der Waals surface area contributed by atoms with Crippen molar-refractivity contribution in [2.75, 3.05) is 20.2 Å². The zero-order valence-corrected chi connectivity index (χ0v) is 20.8. The van der Waals surface area contributed by atoms with Crippen LogP contribution >= 0.6 is 0 Å². The summed E-state index contributed by atoms with van der Waals surface area (Å²) >= 11 is 0. The molecule has 198 valence electrons. The lowest BCUT2D eigenvalue weighted by atomic mass is 10.0. The van der Waals surface area contributed by atoms with Crippen LogP contribution in [0.2, 0.25) is 0 Å². The van der Waals surface area contributed by atoms with Gasteiger partial charge in [-0.15, -0.1) is 0 Å². The number of piperidine rings is 1. The number of carbonyl (C=O) groups excluding carboxylic acids is 1. The van der Waals surface area contributed by atoms with Gasteiger partial charge in [-0.3, -0.25) is 10.2 Å². The van der Waals surface area contributed by atoms with E-state index in [1.807, 2.05) is 18.7 Å². The number of fused-ring (bicyclic) bond motifs is 1. The fourth-order valence-electron chi connectivity index (χ4n) is 4.26. The Labute approximate surface area is 211 Å². The molecule has 1 aromatic carbocycles. The van der Waals surface area contributed by atoms with Crippen molar-refractivity contribution in [3.05, 3.63) is 41.4 Å². The number of oxazole rings is 1. The number of hydrogen-bond acceptors (Lipinski definition) is 7. The number of alkyl halides is 3. The highest BCUT2D eigenvalue weighted by Crippen LogP contribution is 2.37. The Balaban J connectivity index is 1.62. The van der Waals surface area contributed by atoms with E-state index in [9.17, 15) is 18.0 Å². The van der Waals surface area contributed by atoms with Gasteiger partial charge in [0.2, 0.25) is 11.8 Å². The van der Waals surface area contributed by atoms with Crippen molar-refractivity contribution in [1.29, 1.82) is 5.41 Å². The molecule has 12 heteroatoms. The second-order valence-corrected chi connectivity index (χ2v) is 9.17. The van der Waals surface area contributed by atoms with Crippen LogP contribution in [-0.4, -0.2) is 52.9 Å². The van der Waals surface area contributed by atoms with E-state index >= 15 is 0 Å².